The van der Waals surface area contributed by atoms with Gasteiger partial charge in [0.15, 0.2) is 0 Å². The lowest BCUT2D eigenvalue weighted by Crippen LogP contribution is -2.42. The molecule has 3 N–H and O–H groups in total. The van der Waals surface area contributed by atoms with E-state index in [0.717, 1.165) is 31.4 Å². The van der Waals surface area contributed by atoms with Crippen molar-refractivity contribution in [1.29, 1.82) is 0 Å². The Bertz CT molecular complexity index is 424. The number of rotatable bonds is 6. The summed E-state index contributed by atoms with van der Waals surface area (Å²) in [6.07, 6.45) is 5.59. The van der Waals surface area contributed by atoms with Crippen LogP contribution in [0.3, 0.4) is 0 Å². The molecule has 0 radical (unpaired) electrons. The average molecular weight is 274 g/mol. The van der Waals surface area contributed by atoms with Gasteiger partial charge in [-0.05, 0) is 36.8 Å². The van der Waals surface area contributed by atoms with Gasteiger partial charge in [0.05, 0.1) is 5.92 Å². The first kappa shape index (κ1) is 15.0. The lowest BCUT2D eigenvalue weighted by Gasteiger charge is -2.28. The van der Waals surface area contributed by atoms with Gasteiger partial charge in [-0.25, -0.2) is 0 Å². The van der Waals surface area contributed by atoms with Crippen molar-refractivity contribution < 1.29 is 4.79 Å². The van der Waals surface area contributed by atoms with E-state index >= 15 is 0 Å². The molecule has 0 saturated heterocycles. The van der Waals surface area contributed by atoms with E-state index in [4.69, 9.17) is 5.73 Å². The van der Waals surface area contributed by atoms with E-state index in [2.05, 4.69) is 12.2 Å². The van der Waals surface area contributed by atoms with Crippen LogP contribution in [0.4, 0.5) is 0 Å². The molecule has 2 rings (SSSR count). The highest BCUT2D eigenvalue weighted by Gasteiger charge is 2.33. The number of hydrogen-bond acceptors (Lipinski definition) is 2. The van der Waals surface area contributed by atoms with Crippen LogP contribution in [0.1, 0.15) is 50.5 Å². The minimum absolute atomic E-state index is 0.0487. The molecule has 1 fully saturated rings. The third kappa shape index (κ3) is 3.40. The maximum atomic E-state index is 12.4. The summed E-state index contributed by atoms with van der Waals surface area (Å²) in [7, 11) is 0. The van der Waals surface area contributed by atoms with E-state index < -0.39 is 0 Å². The molecule has 1 amide bonds. The summed E-state index contributed by atoms with van der Waals surface area (Å²) in [5.74, 6) is 0.0888. The lowest BCUT2D eigenvalue weighted by molar-refractivity contribution is -0.123. The fourth-order valence-corrected chi connectivity index (χ4v) is 3.23. The summed E-state index contributed by atoms with van der Waals surface area (Å²) in [5, 5.41) is 3.15. The second-order valence-electron chi connectivity index (χ2n) is 6.00. The highest BCUT2D eigenvalue weighted by atomic mass is 16.1. The summed E-state index contributed by atoms with van der Waals surface area (Å²) in [4.78, 5) is 12.4. The molecule has 0 aliphatic heterocycles. The molecule has 0 aromatic heterocycles. The van der Waals surface area contributed by atoms with Gasteiger partial charge in [0, 0.05) is 6.54 Å². The van der Waals surface area contributed by atoms with E-state index in [0.29, 0.717) is 6.54 Å². The Morgan fingerprint density at radius 2 is 1.95 bits per heavy atom. The zero-order valence-electron chi connectivity index (χ0n) is 12.4. The van der Waals surface area contributed by atoms with Gasteiger partial charge < -0.3 is 11.1 Å². The zero-order chi connectivity index (χ0) is 14.4. The Morgan fingerprint density at radius 3 is 2.50 bits per heavy atom. The van der Waals surface area contributed by atoms with Gasteiger partial charge in [-0.2, -0.15) is 0 Å². The minimum Gasteiger partial charge on any atom is -0.355 e. The number of hydrogen-bond donors (Lipinski definition) is 2. The van der Waals surface area contributed by atoms with Gasteiger partial charge in [-0.1, -0.05) is 50.1 Å². The number of nitrogens with one attached hydrogen (secondary N) is 1. The molecule has 1 aliphatic rings. The molecule has 3 nitrogen and oxygen atoms in total. The number of nitrogens with two attached hydrogens (primary N) is 1. The third-order valence-corrected chi connectivity index (χ3v) is 4.66. The maximum absolute atomic E-state index is 12.4. The van der Waals surface area contributed by atoms with Crippen LogP contribution in [-0.4, -0.2) is 19.0 Å². The van der Waals surface area contributed by atoms with Gasteiger partial charge in [0.1, 0.15) is 0 Å². The highest BCUT2D eigenvalue weighted by molar-refractivity contribution is 5.83. The van der Waals surface area contributed by atoms with Crippen LogP contribution in [-0.2, 0) is 4.79 Å². The fraction of sp³-hybridized carbons (Fsp3) is 0.588. The summed E-state index contributed by atoms with van der Waals surface area (Å²) < 4.78 is 0. The number of benzene rings is 1. The van der Waals surface area contributed by atoms with Gasteiger partial charge in [0.2, 0.25) is 5.91 Å². The second kappa shape index (κ2) is 6.89. The Hall–Kier alpha value is -1.35. The van der Waals surface area contributed by atoms with Crippen molar-refractivity contribution in [2.75, 3.05) is 13.1 Å². The zero-order valence-corrected chi connectivity index (χ0v) is 12.4. The molecule has 1 aromatic rings. The quantitative estimate of drug-likeness (QED) is 0.838. The first-order valence-electron chi connectivity index (χ1n) is 7.73. The molecule has 0 bridgehead atoms. The van der Waals surface area contributed by atoms with E-state index in [1.807, 2.05) is 30.3 Å². The molecular weight excluding hydrogens is 248 g/mol. The molecule has 1 atom stereocenters. The van der Waals surface area contributed by atoms with Crippen LogP contribution in [0.15, 0.2) is 30.3 Å². The Balaban J connectivity index is 1.96. The standard InChI is InChI=1S/C17H26N2O/c1-2-15(14-8-4-3-5-9-14)16(20)19-13-17(12-18)10-6-7-11-17/h3-5,8-9,15H,2,6-7,10-13,18H2,1H3,(H,19,20). The average Bonchev–Trinajstić information content (AvgIpc) is 2.97. The van der Waals surface area contributed by atoms with Crippen molar-refractivity contribution in [3.63, 3.8) is 0 Å². The Kier molecular flexibility index (Phi) is 5.18. The van der Waals surface area contributed by atoms with Crippen LogP contribution in [0.5, 0.6) is 0 Å². The monoisotopic (exact) mass is 274 g/mol. The number of amides is 1. The smallest absolute Gasteiger partial charge is 0.227 e. The number of carbonyl (C=O) groups excluding carboxylic acids is 1. The van der Waals surface area contributed by atoms with E-state index in [9.17, 15) is 4.79 Å². The molecule has 0 heterocycles. The summed E-state index contributed by atoms with van der Waals surface area (Å²) >= 11 is 0. The first-order valence-corrected chi connectivity index (χ1v) is 7.73. The molecule has 3 heteroatoms. The number of carbonyl (C=O) groups is 1. The molecule has 20 heavy (non-hydrogen) atoms. The lowest BCUT2D eigenvalue weighted by atomic mass is 9.86. The van der Waals surface area contributed by atoms with Gasteiger partial charge in [-0.15, -0.1) is 0 Å². The van der Waals surface area contributed by atoms with Crippen molar-refractivity contribution in [2.45, 2.75) is 44.9 Å². The van der Waals surface area contributed by atoms with Gasteiger partial charge in [-0.3, -0.25) is 4.79 Å². The van der Waals surface area contributed by atoms with Crippen molar-refractivity contribution in [3.05, 3.63) is 35.9 Å². The van der Waals surface area contributed by atoms with Crippen LogP contribution < -0.4 is 11.1 Å². The second-order valence-corrected chi connectivity index (χ2v) is 6.00. The van der Waals surface area contributed by atoms with Crippen molar-refractivity contribution in [2.24, 2.45) is 11.1 Å². The van der Waals surface area contributed by atoms with Crippen LogP contribution in [0.2, 0.25) is 0 Å². The summed E-state index contributed by atoms with van der Waals surface area (Å²) in [5.41, 5.74) is 7.16. The van der Waals surface area contributed by atoms with Crippen molar-refractivity contribution in [1.82, 2.24) is 5.32 Å². The normalized spacial score (nSPS) is 18.7. The van der Waals surface area contributed by atoms with E-state index in [1.165, 1.54) is 12.8 Å². The Labute approximate surface area is 121 Å². The van der Waals surface area contributed by atoms with Gasteiger partial charge >= 0.3 is 0 Å². The topological polar surface area (TPSA) is 55.1 Å². The SMILES string of the molecule is CCC(C(=O)NCC1(CN)CCCC1)c1ccccc1. The van der Waals surface area contributed by atoms with Crippen LogP contribution in [0, 0.1) is 5.41 Å². The molecule has 1 aromatic carbocycles. The predicted octanol–water partition coefficient (Wildman–Crippen LogP) is 2.82. The van der Waals surface area contributed by atoms with Gasteiger partial charge in [0.25, 0.3) is 0 Å². The Morgan fingerprint density at radius 1 is 1.30 bits per heavy atom. The van der Waals surface area contributed by atoms with Crippen LogP contribution in [0.25, 0.3) is 0 Å². The molecule has 1 saturated carbocycles. The summed E-state index contributed by atoms with van der Waals surface area (Å²) in [6.45, 7) is 3.46. The fourth-order valence-electron chi connectivity index (χ4n) is 3.23. The summed E-state index contributed by atoms with van der Waals surface area (Å²) in [6, 6.07) is 10.0. The van der Waals surface area contributed by atoms with E-state index in [-0.39, 0.29) is 17.2 Å². The third-order valence-electron chi connectivity index (χ3n) is 4.66. The maximum Gasteiger partial charge on any atom is 0.227 e. The minimum atomic E-state index is -0.0487. The molecule has 1 aliphatic carbocycles. The highest BCUT2D eigenvalue weighted by Crippen LogP contribution is 2.36. The van der Waals surface area contributed by atoms with Crippen molar-refractivity contribution >= 4 is 5.91 Å². The predicted molar refractivity (Wildman–Crippen MR) is 82.4 cm³/mol. The first-order chi connectivity index (χ1) is 9.71. The van der Waals surface area contributed by atoms with Crippen LogP contribution >= 0.6 is 0 Å². The molecule has 1 unspecified atom stereocenters. The molecule has 0 spiro atoms. The van der Waals surface area contributed by atoms with Crippen molar-refractivity contribution in [3.8, 4) is 0 Å². The largest absolute Gasteiger partial charge is 0.355 e. The van der Waals surface area contributed by atoms with E-state index in [1.54, 1.807) is 0 Å². The molecular formula is C17H26N2O. The molecule has 110 valence electrons.